The van der Waals surface area contributed by atoms with Crippen molar-refractivity contribution >= 4 is 17.5 Å². The fourth-order valence-corrected chi connectivity index (χ4v) is 3.79. The van der Waals surface area contributed by atoms with Gasteiger partial charge < -0.3 is 18.8 Å². The van der Waals surface area contributed by atoms with Gasteiger partial charge in [-0.3, -0.25) is 9.69 Å². The average Bonchev–Trinajstić information content (AvgIpc) is 3.27. The lowest BCUT2D eigenvalue weighted by Crippen LogP contribution is -2.48. The van der Waals surface area contributed by atoms with Crippen LogP contribution in [0.25, 0.3) is 0 Å². The van der Waals surface area contributed by atoms with E-state index in [9.17, 15) is 4.79 Å². The molecule has 1 saturated heterocycles. The molecule has 0 N–H and O–H groups in total. The molecule has 1 aliphatic rings. The number of ether oxygens (including phenoxy) is 2. The lowest BCUT2D eigenvalue weighted by molar-refractivity contribution is 0.0594. The Hall–Kier alpha value is -2.96. The smallest absolute Gasteiger partial charge is 0.289 e. The van der Waals surface area contributed by atoms with E-state index in [0.717, 1.165) is 30.4 Å². The van der Waals surface area contributed by atoms with Crippen molar-refractivity contribution in [2.75, 3.05) is 33.3 Å². The van der Waals surface area contributed by atoms with Crippen molar-refractivity contribution < 1.29 is 18.7 Å². The second-order valence-electron chi connectivity index (χ2n) is 7.43. The number of amides is 1. The summed E-state index contributed by atoms with van der Waals surface area (Å²) in [7, 11) is 1.61. The highest BCUT2D eigenvalue weighted by Crippen LogP contribution is 2.21. The minimum atomic E-state index is -0.0879. The summed E-state index contributed by atoms with van der Waals surface area (Å²) >= 11 is 6.07. The molecular weight excluding hydrogens is 416 g/mol. The number of halogens is 1. The normalized spacial score (nSPS) is 14.5. The van der Waals surface area contributed by atoms with Gasteiger partial charge in [0.15, 0.2) is 5.76 Å². The fourth-order valence-electron chi connectivity index (χ4n) is 3.57. The number of piperazine rings is 1. The summed E-state index contributed by atoms with van der Waals surface area (Å²) in [5.41, 5.74) is 1.18. The van der Waals surface area contributed by atoms with Crippen molar-refractivity contribution in [2.24, 2.45) is 0 Å². The number of carbonyl (C=O) groups is 1. The summed E-state index contributed by atoms with van der Waals surface area (Å²) in [6.07, 6.45) is 0. The average molecular weight is 441 g/mol. The topological polar surface area (TPSA) is 55.2 Å². The molecule has 7 heteroatoms. The molecular formula is C24H25ClN2O4. The summed E-state index contributed by atoms with van der Waals surface area (Å²) in [6.45, 7) is 4.02. The van der Waals surface area contributed by atoms with E-state index in [-0.39, 0.29) is 12.5 Å². The molecule has 1 aromatic heterocycles. The first-order valence-corrected chi connectivity index (χ1v) is 10.6. The van der Waals surface area contributed by atoms with Crippen molar-refractivity contribution in [2.45, 2.75) is 13.2 Å². The molecule has 6 nitrogen and oxygen atoms in total. The standard InChI is InChI=1S/C24H25ClN2O4/c1-29-20-6-3-7-21(15-20)30-17-22-8-9-23(31-22)24(28)27-12-10-26(11-13-27)16-18-4-2-5-19(25)14-18/h2-9,14-15H,10-13,16-17H2,1H3. The number of rotatable bonds is 7. The molecule has 0 atom stereocenters. The van der Waals surface area contributed by atoms with Gasteiger partial charge >= 0.3 is 0 Å². The van der Waals surface area contributed by atoms with Crippen molar-refractivity contribution in [1.29, 1.82) is 0 Å². The highest BCUT2D eigenvalue weighted by molar-refractivity contribution is 6.30. The number of nitrogens with zero attached hydrogens (tertiary/aromatic N) is 2. The third kappa shape index (κ3) is 5.60. The van der Waals surface area contributed by atoms with E-state index in [4.69, 9.17) is 25.5 Å². The van der Waals surface area contributed by atoms with E-state index in [2.05, 4.69) is 11.0 Å². The summed E-state index contributed by atoms with van der Waals surface area (Å²) in [5.74, 6) is 2.26. The predicted octanol–water partition coefficient (Wildman–Crippen LogP) is 4.48. The Morgan fingerprint density at radius 1 is 1.00 bits per heavy atom. The molecule has 0 bridgehead atoms. The van der Waals surface area contributed by atoms with Crippen LogP contribution in [0.4, 0.5) is 0 Å². The van der Waals surface area contributed by atoms with Gasteiger partial charge in [-0.15, -0.1) is 0 Å². The van der Waals surface area contributed by atoms with Crippen LogP contribution in [0.3, 0.4) is 0 Å². The number of hydrogen-bond acceptors (Lipinski definition) is 5. The Morgan fingerprint density at radius 3 is 2.55 bits per heavy atom. The van der Waals surface area contributed by atoms with Gasteiger partial charge in [-0.25, -0.2) is 0 Å². The minimum Gasteiger partial charge on any atom is -0.497 e. The molecule has 0 spiro atoms. The van der Waals surface area contributed by atoms with E-state index < -0.39 is 0 Å². The number of hydrogen-bond donors (Lipinski definition) is 0. The molecule has 0 aliphatic carbocycles. The van der Waals surface area contributed by atoms with Crippen molar-refractivity contribution in [3.8, 4) is 11.5 Å². The Kier molecular flexibility index (Phi) is 6.79. The number of methoxy groups -OCH3 is 1. The molecule has 2 heterocycles. The number of carbonyl (C=O) groups excluding carboxylic acids is 1. The van der Waals surface area contributed by atoms with E-state index >= 15 is 0 Å². The second-order valence-corrected chi connectivity index (χ2v) is 7.87. The Bertz CT molecular complexity index is 1030. The maximum absolute atomic E-state index is 12.8. The van der Waals surface area contributed by atoms with Gasteiger partial charge in [0.2, 0.25) is 0 Å². The van der Waals surface area contributed by atoms with Gasteiger partial charge in [-0.1, -0.05) is 29.8 Å². The van der Waals surface area contributed by atoms with Crippen LogP contribution in [-0.4, -0.2) is 49.0 Å². The minimum absolute atomic E-state index is 0.0879. The molecule has 2 aromatic carbocycles. The summed E-state index contributed by atoms with van der Waals surface area (Å²) in [6, 6.07) is 18.7. The van der Waals surface area contributed by atoms with Crippen LogP contribution in [0, 0.1) is 0 Å². The van der Waals surface area contributed by atoms with Crippen LogP contribution < -0.4 is 9.47 Å². The number of benzene rings is 2. The van der Waals surface area contributed by atoms with Crippen molar-refractivity contribution in [1.82, 2.24) is 9.80 Å². The highest BCUT2D eigenvalue weighted by Gasteiger charge is 2.24. The fraction of sp³-hybridized carbons (Fsp3) is 0.292. The van der Waals surface area contributed by atoms with E-state index in [1.54, 1.807) is 25.3 Å². The first-order chi connectivity index (χ1) is 15.1. The van der Waals surface area contributed by atoms with Crippen LogP contribution in [0.1, 0.15) is 21.9 Å². The largest absolute Gasteiger partial charge is 0.497 e. The predicted molar refractivity (Wildman–Crippen MR) is 119 cm³/mol. The Labute approximate surface area is 186 Å². The molecule has 162 valence electrons. The second kappa shape index (κ2) is 9.90. The van der Waals surface area contributed by atoms with Crippen LogP contribution in [0.2, 0.25) is 5.02 Å². The van der Waals surface area contributed by atoms with Crippen LogP contribution in [0.15, 0.2) is 65.1 Å². The number of furan rings is 1. The highest BCUT2D eigenvalue weighted by atomic mass is 35.5. The van der Waals surface area contributed by atoms with Gasteiger partial charge in [0.1, 0.15) is 23.9 Å². The molecule has 1 fully saturated rings. The third-order valence-electron chi connectivity index (χ3n) is 5.25. The maximum atomic E-state index is 12.8. The zero-order valence-corrected chi connectivity index (χ0v) is 18.2. The monoisotopic (exact) mass is 440 g/mol. The summed E-state index contributed by atoms with van der Waals surface area (Å²) in [5, 5.41) is 0.746. The van der Waals surface area contributed by atoms with Crippen LogP contribution in [-0.2, 0) is 13.2 Å². The maximum Gasteiger partial charge on any atom is 0.289 e. The van der Waals surface area contributed by atoms with Gasteiger partial charge in [-0.05, 0) is 42.0 Å². The Balaban J connectivity index is 1.28. The van der Waals surface area contributed by atoms with Gasteiger partial charge in [0.25, 0.3) is 5.91 Å². The van der Waals surface area contributed by atoms with Crippen molar-refractivity contribution in [3.63, 3.8) is 0 Å². The first kappa shape index (κ1) is 21.3. The lowest BCUT2D eigenvalue weighted by Gasteiger charge is -2.34. The van der Waals surface area contributed by atoms with Gasteiger partial charge in [-0.2, -0.15) is 0 Å². The zero-order valence-electron chi connectivity index (χ0n) is 17.4. The molecule has 4 rings (SSSR count). The Morgan fingerprint density at radius 2 is 1.77 bits per heavy atom. The lowest BCUT2D eigenvalue weighted by atomic mass is 10.2. The van der Waals surface area contributed by atoms with E-state index in [0.29, 0.717) is 30.4 Å². The summed E-state index contributed by atoms with van der Waals surface area (Å²) < 4.78 is 16.7. The summed E-state index contributed by atoms with van der Waals surface area (Å²) in [4.78, 5) is 17.0. The van der Waals surface area contributed by atoms with Crippen molar-refractivity contribution in [3.05, 3.63) is 82.8 Å². The molecule has 1 amide bonds. The molecule has 31 heavy (non-hydrogen) atoms. The third-order valence-corrected chi connectivity index (χ3v) is 5.48. The molecule has 1 aliphatic heterocycles. The van der Waals surface area contributed by atoms with E-state index in [1.165, 1.54) is 5.56 Å². The molecule has 3 aromatic rings. The first-order valence-electron chi connectivity index (χ1n) is 10.2. The van der Waals surface area contributed by atoms with E-state index in [1.807, 2.05) is 41.3 Å². The van der Waals surface area contributed by atoms with Crippen LogP contribution in [0.5, 0.6) is 11.5 Å². The SMILES string of the molecule is COc1cccc(OCc2ccc(C(=O)N3CCN(Cc4cccc(Cl)c4)CC3)o2)c1. The van der Waals surface area contributed by atoms with Gasteiger partial charge in [0, 0.05) is 43.8 Å². The zero-order chi connectivity index (χ0) is 21.6. The van der Waals surface area contributed by atoms with Gasteiger partial charge in [0.05, 0.1) is 7.11 Å². The molecule has 0 unspecified atom stereocenters. The molecule has 0 saturated carbocycles. The molecule has 0 radical (unpaired) electrons. The van der Waals surface area contributed by atoms with Crippen LogP contribution >= 0.6 is 11.6 Å². The quantitative estimate of drug-likeness (QED) is 0.542.